The smallest absolute Gasteiger partial charge is 0.270 e. The molecule has 3 heterocycles. The molecule has 1 saturated heterocycles. The van der Waals surface area contributed by atoms with Gasteiger partial charge in [-0.05, 0) is 51.4 Å². The van der Waals surface area contributed by atoms with Crippen molar-refractivity contribution in [3.63, 3.8) is 0 Å². The molecule has 1 fully saturated rings. The maximum atomic E-state index is 12.0. The van der Waals surface area contributed by atoms with Crippen molar-refractivity contribution in [2.24, 2.45) is 0 Å². The zero-order valence-corrected chi connectivity index (χ0v) is 16.8. The van der Waals surface area contributed by atoms with Gasteiger partial charge in [-0.15, -0.1) is 0 Å². The Bertz CT molecular complexity index is 811. The first-order valence-electron chi connectivity index (χ1n) is 9.87. The number of anilines is 3. The molecule has 0 radical (unpaired) electrons. The van der Waals surface area contributed by atoms with E-state index in [2.05, 4.69) is 35.8 Å². The Kier molecular flexibility index (Phi) is 6.76. The molecule has 3 N–H and O–H groups in total. The van der Waals surface area contributed by atoms with Crippen molar-refractivity contribution in [3.05, 3.63) is 35.8 Å². The lowest BCUT2D eigenvalue weighted by Gasteiger charge is -2.25. The summed E-state index contributed by atoms with van der Waals surface area (Å²) in [6.45, 7) is 6.27. The van der Waals surface area contributed by atoms with Crippen LogP contribution in [0.15, 0.2) is 24.5 Å². The topological polar surface area (TPSA) is 95.1 Å². The molecule has 2 aromatic heterocycles. The molecule has 8 heteroatoms. The van der Waals surface area contributed by atoms with Crippen LogP contribution in [0.2, 0.25) is 0 Å². The van der Waals surface area contributed by atoms with Crippen molar-refractivity contribution in [3.8, 4) is 0 Å². The van der Waals surface area contributed by atoms with E-state index in [-0.39, 0.29) is 5.91 Å². The summed E-state index contributed by atoms with van der Waals surface area (Å²) < 4.78 is 0. The summed E-state index contributed by atoms with van der Waals surface area (Å²) in [7, 11) is 2.01. The van der Waals surface area contributed by atoms with Crippen LogP contribution in [0.4, 0.5) is 17.5 Å². The van der Waals surface area contributed by atoms with E-state index in [1.54, 1.807) is 12.4 Å². The van der Waals surface area contributed by atoms with Gasteiger partial charge < -0.3 is 20.9 Å². The van der Waals surface area contributed by atoms with E-state index in [1.165, 1.54) is 12.8 Å². The van der Waals surface area contributed by atoms with Gasteiger partial charge in [-0.3, -0.25) is 4.79 Å². The number of aromatic nitrogens is 3. The number of rotatable bonds is 6. The average Bonchev–Trinajstić information content (AvgIpc) is 2.94. The molecule has 0 aromatic carbocycles. The predicted octanol–water partition coefficient (Wildman–Crippen LogP) is 2.25. The third-order valence-electron chi connectivity index (χ3n) is 4.93. The van der Waals surface area contributed by atoms with Crippen LogP contribution in [0, 0.1) is 6.92 Å². The van der Waals surface area contributed by atoms with E-state index in [1.807, 2.05) is 33.0 Å². The fraction of sp³-hybridized carbons (Fsp3) is 0.500. The van der Waals surface area contributed by atoms with Gasteiger partial charge in [0.25, 0.3) is 5.91 Å². The van der Waals surface area contributed by atoms with Gasteiger partial charge in [-0.2, -0.15) is 4.98 Å². The number of aryl methyl sites for hydroxylation is 1. The van der Waals surface area contributed by atoms with E-state index in [4.69, 9.17) is 0 Å². The van der Waals surface area contributed by atoms with Crippen LogP contribution in [0.25, 0.3) is 0 Å². The molecular formula is C20H29N7O. The van der Waals surface area contributed by atoms with Gasteiger partial charge in [0.2, 0.25) is 5.95 Å². The molecule has 0 saturated carbocycles. The molecular weight excluding hydrogens is 354 g/mol. The van der Waals surface area contributed by atoms with Crippen molar-refractivity contribution >= 4 is 23.4 Å². The summed E-state index contributed by atoms with van der Waals surface area (Å²) in [5.41, 5.74) is 1.99. The zero-order chi connectivity index (χ0) is 19.9. The summed E-state index contributed by atoms with van der Waals surface area (Å²) >= 11 is 0. The number of carbonyl (C=O) groups is 1. The highest BCUT2D eigenvalue weighted by Gasteiger charge is 2.18. The first-order chi connectivity index (χ1) is 13.6. The van der Waals surface area contributed by atoms with Gasteiger partial charge in [-0.1, -0.05) is 6.42 Å². The highest BCUT2D eigenvalue weighted by Crippen LogP contribution is 2.20. The van der Waals surface area contributed by atoms with E-state index in [0.717, 1.165) is 36.6 Å². The van der Waals surface area contributed by atoms with Gasteiger partial charge in [-0.25, -0.2) is 9.97 Å². The molecule has 0 aliphatic carbocycles. The van der Waals surface area contributed by atoms with Crippen molar-refractivity contribution in [1.82, 2.24) is 25.6 Å². The van der Waals surface area contributed by atoms with Gasteiger partial charge >= 0.3 is 0 Å². The summed E-state index contributed by atoms with van der Waals surface area (Å²) in [4.78, 5) is 27.6. The van der Waals surface area contributed by atoms with Crippen molar-refractivity contribution < 1.29 is 4.79 Å². The maximum Gasteiger partial charge on any atom is 0.270 e. The standard InChI is InChI=1S/C20H29N7O/c1-4-22-19(28)18-14(2)11-16(12-24-18)25-20-23-9-8-17(26-20)27-10-6-5-7-15(13-27)21-3/h8-9,11-12,15,21H,4-7,10,13H2,1-3H3,(H,22,28)(H,23,25,26)/t15-/m0/s1. The number of amides is 1. The lowest BCUT2D eigenvalue weighted by molar-refractivity contribution is 0.0950. The Morgan fingerprint density at radius 1 is 1.32 bits per heavy atom. The lowest BCUT2D eigenvalue weighted by Crippen LogP contribution is -2.38. The van der Waals surface area contributed by atoms with Gasteiger partial charge in [0.1, 0.15) is 11.5 Å². The monoisotopic (exact) mass is 383 g/mol. The van der Waals surface area contributed by atoms with Crippen molar-refractivity contribution in [2.75, 3.05) is 36.9 Å². The van der Waals surface area contributed by atoms with E-state index >= 15 is 0 Å². The van der Waals surface area contributed by atoms with Crippen LogP contribution in [0.1, 0.15) is 42.2 Å². The quantitative estimate of drug-likeness (QED) is 0.704. The first kappa shape index (κ1) is 20.0. The molecule has 2 aromatic rings. The van der Waals surface area contributed by atoms with Crippen LogP contribution in [0.3, 0.4) is 0 Å². The highest BCUT2D eigenvalue weighted by atomic mass is 16.1. The SMILES string of the molecule is CCNC(=O)c1ncc(Nc2nccc(N3CCCC[C@H](NC)C3)n2)cc1C. The number of carbonyl (C=O) groups excluding carboxylic acids is 1. The molecule has 8 nitrogen and oxygen atoms in total. The van der Waals surface area contributed by atoms with Gasteiger partial charge in [0, 0.05) is 31.9 Å². The Morgan fingerprint density at radius 2 is 2.18 bits per heavy atom. The molecule has 0 bridgehead atoms. The van der Waals surface area contributed by atoms with Crippen LogP contribution in [0.5, 0.6) is 0 Å². The van der Waals surface area contributed by atoms with E-state index in [0.29, 0.717) is 24.2 Å². The second-order valence-corrected chi connectivity index (χ2v) is 7.04. The second-order valence-electron chi connectivity index (χ2n) is 7.04. The Morgan fingerprint density at radius 3 is 2.93 bits per heavy atom. The molecule has 1 amide bonds. The van der Waals surface area contributed by atoms with Crippen LogP contribution < -0.4 is 20.9 Å². The molecule has 0 unspecified atom stereocenters. The Labute approximate surface area is 166 Å². The number of nitrogens with zero attached hydrogens (tertiary/aromatic N) is 4. The normalized spacial score (nSPS) is 17.1. The van der Waals surface area contributed by atoms with Crippen LogP contribution in [-0.4, -0.2) is 53.6 Å². The molecule has 150 valence electrons. The predicted molar refractivity (Wildman–Crippen MR) is 111 cm³/mol. The zero-order valence-electron chi connectivity index (χ0n) is 16.8. The summed E-state index contributed by atoms with van der Waals surface area (Å²) in [6.07, 6.45) is 6.98. The number of pyridine rings is 1. The summed E-state index contributed by atoms with van der Waals surface area (Å²) in [5, 5.41) is 9.36. The Hall–Kier alpha value is -2.74. The molecule has 28 heavy (non-hydrogen) atoms. The minimum Gasteiger partial charge on any atom is -0.355 e. The lowest BCUT2D eigenvalue weighted by atomic mass is 10.1. The summed E-state index contributed by atoms with van der Waals surface area (Å²) in [6, 6.07) is 4.31. The molecule has 3 rings (SSSR count). The minimum absolute atomic E-state index is 0.162. The first-order valence-corrected chi connectivity index (χ1v) is 9.87. The van der Waals surface area contributed by atoms with Gasteiger partial charge in [0.05, 0.1) is 11.9 Å². The fourth-order valence-electron chi connectivity index (χ4n) is 3.43. The second kappa shape index (κ2) is 9.45. The Balaban J connectivity index is 1.74. The van der Waals surface area contributed by atoms with E-state index < -0.39 is 0 Å². The van der Waals surface area contributed by atoms with Gasteiger partial charge in [0.15, 0.2) is 0 Å². The number of hydrogen-bond acceptors (Lipinski definition) is 7. The van der Waals surface area contributed by atoms with Crippen LogP contribution >= 0.6 is 0 Å². The largest absolute Gasteiger partial charge is 0.355 e. The highest BCUT2D eigenvalue weighted by molar-refractivity contribution is 5.93. The number of likely N-dealkylation sites (N-methyl/N-ethyl adjacent to an activating group) is 1. The van der Waals surface area contributed by atoms with Crippen molar-refractivity contribution in [1.29, 1.82) is 0 Å². The van der Waals surface area contributed by atoms with Crippen molar-refractivity contribution in [2.45, 2.75) is 39.2 Å². The van der Waals surface area contributed by atoms with E-state index in [9.17, 15) is 4.79 Å². The fourth-order valence-corrected chi connectivity index (χ4v) is 3.43. The third kappa shape index (κ3) is 4.95. The number of nitrogens with one attached hydrogen (secondary N) is 3. The van der Waals surface area contributed by atoms with Crippen LogP contribution in [-0.2, 0) is 0 Å². The maximum absolute atomic E-state index is 12.0. The summed E-state index contributed by atoms with van der Waals surface area (Å²) in [5.74, 6) is 1.28. The molecule has 1 aliphatic rings. The molecule has 1 aliphatic heterocycles. The molecule has 0 spiro atoms. The molecule has 1 atom stereocenters. The average molecular weight is 384 g/mol. The number of hydrogen-bond donors (Lipinski definition) is 3. The minimum atomic E-state index is -0.162. The third-order valence-corrected chi connectivity index (χ3v) is 4.93.